The van der Waals surface area contributed by atoms with Crippen molar-refractivity contribution >= 4 is 9.84 Å². The molecule has 2 rings (SSSR count). The van der Waals surface area contributed by atoms with Crippen LogP contribution in [0.5, 0.6) is 0 Å². The van der Waals surface area contributed by atoms with E-state index in [1.54, 1.807) is 0 Å². The van der Waals surface area contributed by atoms with Crippen LogP contribution in [0, 0.1) is 0 Å². The zero-order valence-electron chi connectivity index (χ0n) is 5.12. The first-order valence-electron chi connectivity index (χ1n) is 2.90. The number of rotatable bonds is 0. The Morgan fingerprint density at radius 1 is 1.67 bits per heavy atom. The monoisotopic (exact) mass is 148 g/mol. The molecule has 0 N–H and O–H groups in total. The molecule has 2 unspecified atom stereocenters. The van der Waals surface area contributed by atoms with E-state index < -0.39 is 9.84 Å². The average Bonchev–Trinajstić information content (AvgIpc) is 2.03. The molecule has 0 bridgehead atoms. The fourth-order valence-corrected chi connectivity index (χ4v) is 3.48. The second kappa shape index (κ2) is 1.18. The quantitative estimate of drug-likeness (QED) is 0.438. The van der Waals surface area contributed by atoms with Crippen LogP contribution in [0.4, 0.5) is 0 Å². The maximum absolute atomic E-state index is 10.8. The Kier molecular flexibility index (Phi) is 0.743. The Morgan fingerprint density at radius 2 is 2.33 bits per heavy atom. The van der Waals surface area contributed by atoms with E-state index in [4.69, 9.17) is 4.74 Å². The Labute approximate surface area is 53.9 Å². The fraction of sp³-hybridized carbons (Fsp3) is 1.00. The van der Waals surface area contributed by atoms with Gasteiger partial charge in [-0.25, -0.2) is 8.42 Å². The third kappa shape index (κ3) is 0.697. The van der Waals surface area contributed by atoms with Crippen molar-refractivity contribution in [2.75, 3.05) is 11.5 Å². The Morgan fingerprint density at radius 3 is 2.56 bits per heavy atom. The third-order valence-electron chi connectivity index (χ3n) is 1.95. The molecule has 0 aromatic rings. The first-order chi connectivity index (χ1) is 4.02. The number of hydrogen-bond acceptors (Lipinski definition) is 3. The summed E-state index contributed by atoms with van der Waals surface area (Å²) in [6.07, 6.45) is 0.0162. The van der Waals surface area contributed by atoms with Crippen molar-refractivity contribution in [3.63, 3.8) is 0 Å². The van der Waals surface area contributed by atoms with Crippen LogP contribution in [0.3, 0.4) is 0 Å². The third-order valence-corrected chi connectivity index (χ3v) is 3.77. The van der Waals surface area contributed by atoms with Gasteiger partial charge in [-0.05, 0) is 6.92 Å². The van der Waals surface area contributed by atoms with Gasteiger partial charge < -0.3 is 4.74 Å². The van der Waals surface area contributed by atoms with E-state index in [2.05, 4.69) is 0 Å². The van der Waals surface area contributed by atoms with Crippen molar-refractivity contribution < 1.29 is 13.2 Å². The summed E-state index contributed by atoms with van der Waals surface area (Å²) in [6, 6.07) is 0. The molecule has 0 aromatic heterocycles. The van der Waals surface area contributed by atoms with E-state index in [1.807, 2.05) is 6.92 Å². The molecule has 9 heavy (non-hydrogen) atoms. The first-order valence-corrected chi connectivity index (χ1v) is 4.72. The van der Waals surface area contributed by atoms with Crippen molar-refractivity contribution in [3.05, 3.63) is 0 Å². The molecule has 0 aromatic carbocycles. The molecule has 4 heteroatoms. The number of hydrogen-bond donors (Lipinski definition) is 0. The fourth-order valence-electron chi connectivity index (χ4n) is 1.35. The summed E-state index contributed by atoms with van der Waals surface area (Å²) in [5.74, 6) is 0.466. The molecule has 52 valence electrons. The predicted octanol–water partition coefficient (Wildman–Crippen LogP) is -0.428. The van der Waals surface area contributed by atoms with Crippen LogP contribution in [0.2, 0.25) is 0 Å². The lowest BCUT2D eigenvalue weighted by molar-refractivity contribution is 0.322. The van der Waals surface area contributed by atoms with Gasteiger partial charge in [0.25, 0.3) is 0 Å². The summed E-state index contributed by atoms with van der Waals surface area (Å²) < 4.78 is 26.7. The molecule has 3 nitrogen and oxygen atoms in total. The van der Waals surface area contributed by atoms with Crippen molar-refractivity contribution in [2.24, 2.45) is 0 Å². The highest BCUT2D eigenvalue weighted by atomic mass is 32.2. The molecule has 2 aliphatic heterocycles. The van der Waals surface area contributed by atoms with Crippen molar-refractivity contribution in [1.82, 2.24) is 0 Å². The summed E-state index contributed by atoms with van der Waals surface area (Å²) in [6.45, 7) is 1.85. The number of epoxide rings is 1. The molecule has 0 spiro atoms. The SMILES string of the molecule is CC12CS(=O)(=O)CC1O2. The summed E-state index contributed by atoms with van der Waals surface area (Å²) in [5.41, 5.74) is -0.293. The minimum atomic E-state index is -2.73. The molecule has 0 saturated carbocycles. The van der Waals surface area contributed by atoms with Crippen molar-refractivity contribution in [2.45, 2.75) is 18.6 Å². The second-order valence-corrected chi connectivity index (χ2v) is 5.08. The summed E-state index contributed by atoms with van der Waals surface area (Å²) in [5, 5.41) is 0. The normalized spacial score (nSPS) is 52.8. The molecular formula is C5H8O3S. The first kappa shape index (κ1) is 5.68. The minimum Gasteiger partial charge on any atom is -0.364 e. The van der Waals surface area contributed by atoms with E-state index in [0.29, 0.717) is 0 Å². The van der Waals surface area contributed by atoms with Gasteiger partial charge in [-0.3, -0.25) is 0 Å². The van der Waals surface area contributed by atoms with Gasteiger partial charge in [0.15, 0.2) is 9.84 Å². The smallest absolute Gasteiger partial charge is 0.155 e. The Hall–Kier alpha value is -0.0900. The van der Waals surface area contributed by atoms with Gasteiger partial charge in [0.05, 0.1) is 11.5 Å². The number of sulfone groups is 1. The molecule has 2 aliphatic rings. The lowest BCUT2D eigenvalue weighted by Crippen LogP contribution is -2.14. The van der Waals surface area contributed by atoms with Gasteiger partial charge in [0, 0.05) is 0 Å². The van der Waals surface area contributed by atoms with Gasteiger partial charge in [-0.1, -0.05) is 0 Å². The van der Waals surface area contributed by atoms with E-state index in [1.165, 1.54) is 0 Å². The minimum absolute atomic E-state index is 0.0162. The molecule has 2 heterocycles. The zero-order chi connectivity index (χ0) is 6.70. The van der Waals surface area contributed by atoms with Gasteiger partial charge in [0.2, 0.25) is 0 Å². The Balaban J connectivity index is 2.33. The van der Waals surface area contributed by atoms with Gasteiger partial charge in [-0.15, -0.1) is 0 Å². The van der Waals surface area contributed by atoms with Crippen LogP contribution in [-0.2, 0) is 14.6 Å². The number of fused-ring (bicyclic) bond motifs is 1. The maximum atomic E-state index is 10.8. The summed E-state index contributed by atoms with van der Waals surface area (Å²) in [7, 11) is -2.73. The van der Waals surface area contributed by atoms with E-state index in [0.717, 1.165) is 0 Å². The largest absolute Gasteiger partial charge is 0.364 e. The van der Waals surface area contributed by atoms with E-state index in [-0.39, 0.29) is 23.2 Å². The standard InChI is InChI=1S/C5H8O3S/c1-5-3-9(6,7)2-4(5)8-5/h4H,2-3H2,1H3. The topological polar surface area (TPSA) is 46.7 Å². The van der Waals surface area contributed by atoms with Gasteiger partial charge >= 0.3 is 0 Å². The summed E-state index contributed by atoms with van der Waals surface area (Å²) >= 11 is 0. The van der Waals surface area contributed by atoms with Crippen LogP contribution in [0.25, 0.3) is 0 Å². The summed E-state index contributed by atoms with van der Waals surface area (Å²) in [4.78, 5) is 0. The molecule has 2 saturated heterocycles. The van der Waals surface area contributed by atoms with E-state index >= 15 is 0 Å². The van der Waals surface area contributed by atoms with E-state index in [9.17, 15) is 8.42 Å². The molecule has 0 radical (unpaired) electrons. The molecular weight excluding hydrogens is 140 g/mol. The van der Waals surface area contributed by atoms with Gasteiger partial charge in [-0.2, -0.15) is 0 Å². The van der Waals surface area contributed by atoms with Crippen LogP contribution in [-0.4, -0.2) is 31.6 Å². The lowest BCUT2D eigenvalue weighted by Gasteiger charge is -1.96. The zero-order valence-corrected chi connectivity index (χ0v) is 5.94. The van der Waals surface area contributed by atoms with Crippen LogP contribution >= 0.6 is 0 Å². The lowest BCUT2D eigenvalue weighted by atomic mass is 10.2. The van der Waals surface area contributed by atoms with Crippen LogP contribution in [0.1, 0.15) is 6.92 Å². The highest BCUT2D eigenvalue weighted by Gasteiger charge is 2.61. The number of ether oxygens (including phenoxy) is 1. The molecule has 2 atom stereocenters. The molecule has 0 amide bonds. The predicted molar refractivity (Wildman–Crippen MR) is 31.9 cm³/mol. The van der Waals surface area contributed by atoms with Gasteiger partial charge in [0.1, 0.15) is 11.7 Å². The molecule has 2 fully saturated rings. The van der Waals surface area contributed by atoms with Crippen molar-refractivity contribution in [3.8, 4) is 0 Å². The maximum Gasteiger partial charge on any atom is 0.155 e. The molecule has 0 aliphatic carbocycles. The highest BCUT2D eigenvalue weighted by Crippen LogP contribution is 2.43. The Bertz CT molecular complexity index is 243. The van der Waals surface area contributed by atoms with Crippen molar-refractivity contribution in [1.29, 1.82) is 0 Å². The van der Waals surface area contributed by atoms with Crippen LogP contribution < -0.4 is 0 Å². The second-order valence-electron chi connectivity index (χ2n) is 2.97. The highest BCUT2D eigenvalue weighted by molar-refractivity contribution is 7.91. The average molecular weight is 148 g/mol. The van der Waals surface area contributed by atoms with Crippen LogP contribution in [0.15, 0.2) is 0 Å².